The van der Waals surface area contributed by atoms with Crippen molar-refractivity contribution in [1.82, 2.24) is 10.3 Å². The minimum absolute atomic E-state index is 0.0274. The van der Waals surface area contributed by atoms with Gasteiger partial charge in [0, 0.05) is 19.0 Å². The fourth-order valence-electron chi connectivity index (χ4n) is 2.69. The average Bonchev–Trinajstić information content (AvgIpc) is 3.14. The molecular formula is C19H20ClN5O2. The summed E-state index contributed by atoms with van der Waals surface area (Å²) in [6.07, 6.45) is 0. The van der Waals surface area contributed by atoms with Crippen LogP contribution in [0.3, 0.4) is 0 Å². The van der Waals surface area contributed by atoms with Gasteiger partial charge in [-0.1, -0.05) is 35.9 Å². The quantitative estimate of drug-likeness (QED) is 0.398. The van der Waals surface area contributed by atoms with Crippen molar-refractivity contribution >= 4 is 34.4 Å². The number of aromatic amines is 1. The van der Waals surface area contributed by atoms with E-state index < -0.39 is 5.91 Å². The lowest BCUT2D eigenvalue weighted by atomic mass is 10.1. The highest BCUT2D eigenvalue weighted by molar-refractivity contribution is 6.35. The van der Waals surface area contributed by atoms with Crippen LogP contribution in [-0.4, -0.2) is 23.9 Å². The van der Waals surface area contributed by atoms with Crippen molar-refractivity contribution in [3.05, 3.63) is 64.3 Å². The van der Waals surface area contributed by atoms with Crippen molar-refractivity contribution in [2.75, 3.05) is 7.05 Å². The topological polar surface area (TPSA) is 119 Å². The minimum Gasteiger partial charge on any atom is -0.487 e. The van der Waals surface area contributed by atoms with Crippen molar-refractivity contribution in [3.8, 4) is 5.75 Å². The highest BCUT2D eigenvalue weighted by atomic mass is 35.5. The van der Waals surface area contributed by atoms with E-state index in [0.717, 1.165) is 11.1 Å². The smallest absolute Gasteiger partial charge is 0.274 e. The van der Waals surface area contributed by atoms with Crippen LogP contribution in [0, 0.1) is 0 Å². The second kappa shape index (κ2) is 8.11. The van der Waals surface area contributed by atoms with Crippen molar-refractivity contribution in [2.24, 2.45) is 16.5 Å². The fraction of sp³-hybridized carbons (Fsp3) is 0.158. The largest absolute Gasteiger partial charge is 0.487 e. The number of carbonyl (C=O) groups excluding carboxylic acids is 1. The van der Waals surface area contributed by atoms with Gasteiger partial charge in [-0.15, -0.1) is 0 Å². The van der Waals surface area contributed by atoms with Gasteiger partial charge in [0.25, 0.3) is 5.91 Å². The molecule has 0 aliphatic rings. The Morgan fingerprint density at radius 3 is 2.70 bits per heavy atom. The number of guanidine groups is 1. The summed E-state index contributed by atoms with van der Waals surface area (Å²) in [6.45, 7) is 0.781. The molecule has 6 N–H and O–H groups in total. The van der Waals surface area contributed by atoms with E-state index in [4.69, 9.17) is 27.8 Å². The van der Waals surface area contributed by atoms with Gasteiger partial charge < -0.3 is 21.2 Å². The van der Waals surface area contributed by atoms with Gasteiger partial charge in [0.15, 0.2) is 5.96 Å². The van der Waals surface area contributed by atoms with Crippen molar-refractivity contribution < 1.29 is 9.53 Å². The van der Waals surface area contributed by atoms with Gasteiger partial charge in [-0.05, 0) is 29.3 Å². The van der Waals surface area contributed by atoms with E-state index in [1.54, 1.807) is 18.2 Å². The lowest BCUT2D eigenvalue weighted by Gasteiger charge is -2.11. The first-order valence-electron chi connectivity index (χ1n) is 8.28. The predicted molar refractivity (Wildman–Crippen MR) is 107 cm³/mol. The molecule has 0 radical (unpaired) electrons. The molecule has 0 spiro atoms. The molecule has 0 saturated carbocycles. The van der Waals surface area contributed by atoms with Crippen molar-refractivity contribution in [1.29, 1.82) is 0 Å². The second-order valence-electron chi connectivity index (χ2n) is 5.84. The van der Waals surface area contributed by atoms with Gasteiger partial charge in [-0.25, -0.2) is 0 Å². The lowest BCUT2D eigenvalue weighted by Crippen LogP contribution is -2.36. The number of ether oxygens (including phenoxy) is 1. The Kier molecular flexibility index (Phi) is 5.63. The SMILES string of the molecule is CN=C(N)NC(=O)c1cc2c(Cl)ccc(OCc3ccccc3CN)c2[nH]1. The summed E-state index contributed by atoms with van der Waals surface area (Å²) in [6, 6.07) is 12.9. The van der Waals surface area contributed by atoms with Gasteiger partial charge in [0.2, 0.25) is 0 Å². The van der Waals surface area contributed by atoms with Gasteiger partial charge >= 0.3 is 0 Å². The number of nitrogens with two attached hydrogens (primary N) is 2. The zero-order valence-electron chi connectivity index (χ0n) is 14.8. The molecule has 8 heteroatoms. The number of amides is 1. The maximum absolute atomic E-state index is 12.3. The van der Waals surface area contributed by atoms with Crippen LogP contribution in [0.25, 0.3) is 10.9 Å². The number of hydrogen-bond acceptors (Lipinski definition) is 4. The second-order valence-corrected chi connectivity index (χ2v) is 6.25. The normalized spacial score (nSPS) is 11.6. The number of nitrogens with one attached hydrogen (secondary N) is 2. The van der Waals surface area contributed by atoms with E-state index in [1.807, 2.05) is 24.3 Å². The number of aliphatic imine (C=N–C) groups is 1. The monoisotopic (exact) mass is 385 g/mol. The molecule has 0 unspecified atom stereocenters. The molecule has 140 valence electrons. The number of H-pyrrole nitrogens is 1. The van der Waals surface area contributed by atoms with Gasteiger partial charge in [-0.3, -0.25) is 15.1 Å². The Morgan fingerprint density at radius 2 is 2.00 bits per heavy atom. The van der Waals surface area contributed by atoms with E-state index in [2.05, 4.69) is 15.3 Å². The Morgan fingerprint density at radius 1 is 1.26 bits per heavy atom. The summed E-state index contributed by atoms with van der Waals surface area (Å²) >= 11 is 6.27. The Balaban J connectivity index is 1.90. The molecule has 0 bridgehead atoms. The van der Waals surface area contributed by atoms with Gasteiger partial charge in [-0.2, -0.15) is 0 Å². The number of rotatable bonds is 5. The van der Waals surface area contributed by atoms with Gasteiger partial charge in [0.1, 0.15) is 18.1 Å². The maximum Gasteiger partial charge on any atom is 0.274 e. The Hall–Kier alpha value is -3.03. The molecule has 7 nitrogen and oxygen atoms in total. The third kappa shape index (κ3) is 4.05. The number of carbonyl (C=O) groups is 1. The van der Waals surface area contributed by atoms with E-state index in [0.29, 0.717) is 40.5 Å². The number of fused-ring (bicyclic) bond motifs is 1. The molecular weight excluding hydrogens is 366 g/mol. The van der Waals surface area contributed by atoms with Crippen LogP contribution < -0.4 is 21.5 Å². The molecule has 1 heterocycles. The number of aromatic nitrogens is 1. The number of nitrogens with zero attached hydrogens (tertiary/aromatic N) is 1. The lowest BCUT2D eigenvalue weighted by molar-refractivity contribution is 0.0972. The maximum atomic E-state index is 12.3. The number of halogens is 1. The highest BCUT2D eigenvalue weighted by Crippen LogP contribution is 2.32. The third-order valence-corrected chi connectivity index (χ3v) is 4.48. The van der Waals surface area contributed by atoms with Crippen LogP contribution in [0.15, 0.2) is 47.5 Å². The Labute approximate surface area is 161 Å². The molecule has 0 aliphatic carbocycles. The van der Waals surface area contributed by atoms with Crippen LogP contribution in [0.1, 0.15) is 21.6 Å². The molecule has 0 atom stereocenters. The predicted octanol–water partition coefficient (Wildman–Crippen LogP) is 2.53. The Bertz CT molecular complexity index is 1010. The van der Waals surface area contributed by atoms with Crippen LogP contribution in [0.5, 0.6) is 5.75 Å². The van der Waals surface area contributed by atoms with Crippen LogP contribution in [-0.2, 0) is 13.2 Å². The number of benzene rings is 2. The molecule has 1 amide bonds. The molecule has 0 fully saturated rings. The molecule has 2 aromatic carbocycles. The summed E-state index contributed by atoms with van der Waals surface area (Å²) in [5.74, 6) is 0.196. The van der Waals surface area contributed by atoms with E-state index in [9.17, 15) is 4.79 Å². The van der Waals surface area contributed by atoms with Crippen LogP contribution >= 0.6 is 11.6 Å². The van der Waals surface area contributed by atoms with Crippen molar-refractivity contribution in [2.45, 2.75) is 13.2 Å². The highest BCUT2D eigenvalue weighted by Gasteiger charge is 2.15. The van der Waals surface area contributed by atoms with E-state index in [1.165, 1.54) is 7.05 Å². The van der Waals surface area contributed by atoms with Gasteiger partial charge in [0.05, 0.1) is 10.5 Å². The summed E-state index contributed by atoms with van der Waals surface area (Å²) in [5, 5.41) is 3.66. The first kappa shape index (κ1) is 18.8. The zero-order chi connectivity index (χ0) is 19.4. The molecule has 1 aromatic heterocycles. The zero-order valence-corrected chi connectivity index (χ0v) is 15.5. The average molecular weight is 386 g/mol. The van der Waals surface area contributed by atoms with E-state index >= 15 is 0 Å². The summed E-state index contributed by atoms with van der Waals surface area (Å²) in [4.78, 5) is 19.0. The molecule has 3 aromatic rings. The molecule has 27 heavy (non-hydrogen) atoms. The summed E-state index contributed by atoms with van der Waals surface area (Å²) in [5.41, 5.74) is 14.3. The first-order valence-corrected chi connectivity index (χ1v) is 8.65. The summed E-state index contributed by atoms with van der Waals surface area (Å²) in [7, 11) is 1.49. The minimum atomic E-state index is -0.412. The van der Waals surface area contributed by atoms with Crippen LogP contribution in [0.2, 0.25) is 5.02 Å². The number of hydrogen-bond donors (Lipinski definition) is 4. The van der Waals surface area contributed by atoms with E-state index in [-0.39, 0.29) is 5.96 Å². The molecule has 0 aliphatic heterocycles. The molecule has 0 saturated heterocycles. The third-order valence-electron chi connectivity index (χ3n) is 4.15. The molecule has 3 rings (SSSR count). The van der Waals surface area contributed by atoms with Crippen molar-refractivity contribution in [3.63, 3.8) is 0 Å². The first-order chi connectivity index (χ1) is 13.0. The fourth-order valence-corrected chi connectivity index (χ4v) is 2.91. The summed E-state index contributed by atoms with van der Waals surface area (Å²) < 4.78 is 5.97. The standard InChI is InChI=1S/C19H20ClN5O2/c1-23-19(22)25-18(26)15-8-13-14(20)6-7-16(17(13)24-15)27-10-12-5-3-2-4-11(12)9-21/h2-8,24H,9-10,21H2,1H3,(H3,22,23,25,26). The van der Waals surface area contributed by atoms with Crippen LogP contribution in [0.4, 0.5) is 0 Å².